The largest absolute Gasteiger partial charge is 0.396 e. The van der Waals surface area contributed by atoms with Gasteiger partial charge in [0.1, 0.15) is 0 Å². The maximum absolute atomic E-state index is 9.02. The Kier molecular flexibility index (Phi) is 5.83. The minimum absolute atomic E-state index is 0.275. The van der Waals surface area contributed by atoms with Gasteiger partial charge in [0.15, 0.2) is 0 Å². The van der Waals surface area contributed by atoms with Gasteiger partial charge < -0.3 is 15.3 Å². The Bertz CT molecular complexity index is 355. The molecule has 0 amide bonds. The highest BCUT2D eigenvalue weighted by molar-refractivity contribution is 5.14. The van der Waals surface area contributed by atoms with Gasteiger partial charge in [0.05, 0.1) is 0 Å². The van der Waals surface area contributed by atoms with Crippen LogP contribution in [0.4, 0.5) is 0 Å². The number of hydrogen-bond acceptors (Lipinski definition) is 3. The molecule has 1 fully saturated rings. The van der Waals surface area contributed by atoms with Crippen LogP contribution in [0.1, 0.15) is 18.9 Å². The van der Waals surface area contributed by atoms with Gasteiger partial charge in [-0.05, 0) is 30.9 Å². The molecule has 106 valence electrons. The van der Waals surface area contributed by atoms with Crippen LogP contribution in [0.15, 0.2) is 30.3 Å². The van der Waals surface area contributed by atoms with Gasteiger partial charge in [-0.15, -0.1) is 0 Å². The predicted molar refractivity (Wildman–Crippen MR) is 79.2 cm³/mol. The Hall–Kier alpha value is -0.900. The number of nitrogens with zero attached hydrogens (tertiary/aromatic N) is 1. The Morgan fingerprint density at radius 2 is 2.16 bits per heavy atom. The maximum atomic E-state index is 9.02. The van der Waals surface area contributed by atoms with E-state index in [1.807, 2.05) is 0 Å². The number of aliphatic hydroxyl groups is 1. The van der Waals surface area contributed by atoms with Crippen LogP contribution in [0.5, 0.6) is 0 Å². The average Bonchev–Trinajstić information content (AvgIpc) is 2.91. The summed E-state index contributed by atoms with van der Waals surface area (Å²) in [6.45, 7) is 6.76. The Balaban J connectivity index is 1.65. The summed E-state index contributed by atoms with van der Waals surface area (Å²) >= 11 is 0. The molecular formula is C16H26N2O. The van der Waals surface area contributed by atoms with Gasteiger partial charge in [-0.2, -0.15) is 0 Å². The molecular weight excluding hydrogens is 236 g/mol. The SMILES string of the molecule is CC(CO)CNC1CCN(CCc2ccccc2)C1. The van der Waals surface area contributed by atoms with Crippen LogP contribution in [0.25, 0.3) is 0 Å². The molecule has 2 N–H and O–H groups in total. The van der Waals surface area contributed by atoms with E-state index in [0.717, 1.165) is 26.1 Å². The smallest absolute Gasteiger partial charge is 0.0468 e. The highest BCUT2D eigenvalue weighted by Gasteiger charge is 2.21. The van der Waals surface area contributed by atoms with Crippen LogP contribution < -0.4 is 5.32 Å². The first kappa shape index (κ1) is 14.5. The molecule has 1 saturated heterocycles. The molecule has 0 radical (unpaired) electrons. The molecule has 19 heavy (non-hydrogen) atoms. The lowest BCUT2D eigenvalue weighted by Gasteiger charge is -2.18. The van der Waals surface area contributed by atoms with Gasteiger partial charge in [-0.1, -0.05) is 37.3 Å². The number of aliphatic hydroxyl groups excluding tert-OH is 1. The number of benzene rings is 1. The molecule has 0 aliphatic carbocycles. The molecule has 2 atom stereocenters. The number of hydrogen-bond donors (Lipinski definition) is 2. The van der Waals surface area contributed by atoms with Crippen molar-refractivity contribution in [2.45, 2.75) is 25.8 Å². The van der Waals surface area contributed by atoms with Crippen molar-refractivity contribution >= 4 is 0 Å². The van der Waals surface area contributed by atoms with E-state index in [9.17, 15) is 0 Å². The van der Waals surface area contributed by atoms with E-state index < -0.39 is 0 Å². The first-order valence-corrected chi connectivity index (χ1v) is 7.38. The molecule has 1 aromatic carbocycles. The molecule has 1 heterocycles. The Morgan fingerprint density at radius 1 is 1.37 bits per heavy atom. The van der Waals surface area contributed by atoms with Crippen molar-refractivity contribution in [3.05, 3.63) is 35.9 Å². The summed E-state index contributed by atoms with van der Waals surface area (Å²) in [5.41, 5.74) is 1.42. The van der Waals surface area contributed by atoms with Crippen LogP contribution >= 0.6 is 0 Å². The van der Waals surface area contributed by atoms with Crippen molar-refractivity contribution in [2.24, 2.45) is 5.92 Å². The van der Waals surface area contributed by atoms with E-state index in [1.165, 1.54) is 18.5 Å². The molecule has 2 rings (SSSR count). The van der Waals surface area contributed by atoms with E-state index in [0.29, 0.717) is 12.0 Å². The second-order valence-corrected chi connectivity index (χ2v) is 5.72. The monoisotopic (exact) mass is 262 g/mol. The Morgan fingerprint density at radius 3 is 2.89 bits per heavy atom. The summed E-state index contributed by atoms with van der Waals surface area (Å²) in [6, 6.07) is 11.3. The second kappa shape index (κ2) is 7.63. The van der Waals surface area contributed by atoms with Gasteiger partial charge in [0.25, 0.3) is 0 Å². The summed E-state index contributed by atoms with van der Waals surface area (Å²) in [6.07, 6.45) is 2.37. The highest BCUT2D eigenvalue weighted by Crippen LogP contribution is 2.11. The standard InChI is InChI=1S/C16H26N2O/c1-14(13-19)11-17-16-8-10-18(12-16)9-7-15-5-3-2-4-6-15/h2-6,14,16-17,19H,7-13H2,1H3. The van der Waals surface area contributed by atoms with E-state index >= 15 is 0 Å². The van der Waals surface area contributed by atoms with E-state index in [4.69, 9.17) is 5.11 Å². The summed E-state index contributed by atoms with van der Waals surface area (Å²) in [4.78, 5) is 2.54. The van der Waals surface area contributed by atoms with Gasteiger partial charge in [0, 0.05) is 32.3 Å². The third-order valence-corrected chi connectivity index (χ3v) is 3.90. The number of rotatable bonds is 7. The van der Waals surface area contributed by atoms with Crippen molar-refractivity contribution in [2.75, 3.05) is 32.8 Å². The minimum atomic E-state index is 0.275. The molecule has 0 spiro atoms. The van der Waals surface area contributed by atoms with Crippen LogP contribution in [0, 0.1) is 5.92 Å². The van der Waals surface area contributed by atoms with E-state index in [1.54, 1.807) is 0 Å². The van der Waals surface area contributed by atoms with E-state index in [-0.39, 0.29) is 6.61 Å². The average molecular weight is 262 g/mol. The molecule has 3 nitrogen and oxygen atoms in total. The topological polar surface area (TPSA) is 35.5 Å². The fraction of sp³-hybridized carbons (Fsp3) is 0.625. The van der Waals surface area contributed by atoms with Crippen molar-refractivity contribution in [3.8, 4) is 0 Å². The normalized spacial score (nSPS) is 21.7. The quantitative estimate of drug-likeness (QED) is 0.782. The van der Waals surface area contributed by atoms with Gasteiger partial charge in [0.2, 0.25) is 0 Å². The molecule has 3 heteroatoms. The van der Waals surface area contributed by atoms with Crippen molar-refractivity contribution < 1.29 is 5.11 Å². The molecule has 2 unspecified atom stereocenters. The molecule has 1 aliphatic rings. The van der Waals surface area contributed by atoms with Crippen molar-refractivity contribution in [1.82, 2.24) is 10.2 Å². The third kappa shape index (κ3) is 4.94. The van der Waals surface area contributed by atoms with Crippen LogP contribution in [-0.2, 0) is 6.42 Å². The third-order valence-electron chi connectivity index (χ3n) is 3.90. The first-order chi connectivity index (χ1) is 9.28. The zero-order chi connectivity index (χ0) is 13.5. The highest BCUT2D eigenvalue weighted by atomic mass is 16.3. The second-order valence-electron chi connectivity index (χ2n) is 5.72. The van der Waals surface area contributed by atoms with Crippen molar-refractivity contribution in [3.63, 3.8) is 0 Å². The first-order valence-electron chi connectivity index (χ1n) is 7.38. The summed E-state index contributed by atoms with van der Waals surface area (Å²) in [5.74, 6) is 0.360. The van der Waals surface area contributed by atoms with Gasteiger partial charge in [-0.3, -0.25) is 0 Å². The predicted octanol–water partition coefficient (Wildman–Crippen LogP) is 1.52. The summed E-state index contributed by atoms with van der Waals surface area (Å²) in [7, 11) is 0. The van der Waals surface area contributed by atoms with Crippen LogP contribution in [0.3, 0.4) is 0 Å². The minimum Gasteiger partial charge on any atom is -0.396 e. The lowest BCUT2D eigenvalue weighted by molar-refractivity contribution is 0.229. The number of likely N-dealkylation sites (tertiary alicyclic amines) is 1. The fourth-order valence-corrected chi connectivity index (χ4v) is 2.57. The van der Waals surface area contributed by atoms with Gasteiger partial charge in [-0.25, -0.2) is 0 Å². The van der Waals surface area contributed by atoms with Crippen molar-refractivity contribution in [1.29, 1.82) is 0 Å². The lowest BCUT2D eigenvalue weighted by Crippen LogP contribution is -2.36. The van der Waals surface area contributed by atoms with E-state index in [2.05, 4.69) is 47.5 Å². The molecule has 1 aliphatic heterocycles. The summed E-state index contributed by atoms with van der Waals surface area (Å²) < 4.78 is 0. The van der Waals surface area contributed by atoms with Crippen LogP contribution in [-0.4, -0.2) is 48.8 Å². The zero-order valence-corrected chi connectivity index (χ0v) is 11.9. The molecule has 0 bridgehead atoms. The Labute approximate surface area is 116 Å². The fourth-order valence-electron chi connectivity index (χ4n) is 2.57. The molecule has 1 aromatic rings. The maximum Gasteiger partial charge on any atom is 0.0468 e. The number of nitrogens with one attached hydrogen (secondary N) is 1. The lowest BCUT2D eigenvalue weighted by atomic mass is 10.1. The van der Waals surface area contributed by atoms with Crippen LogP contribution in [0.2, 0.25) is 0 Å². The molecule has 0 saturated carbocycles. The molecule has 0 aromatic heterocycles. The summed E-state index contributed by atoms with van der Waals surface area (Å²) in [5, 5.41) is 12.6. The zero-order valence-electron chi connectivity index (χ0n) is 11.9. The van der Waals surface area contributed by atoms with Gasteiger partial charge >= 0.3 is 0 Å².